The molecule has 0 aliphatic carbocycles. The Morgan fingerprint density at radius 3 is 2.68 bits per heavy atom. The van der Waals surface area contributed by atoms with Gasteiger partial charge in [-0.2, -0.15) is 0 Å². The molecule has 1 nitrogen and oxygen atoms in total. The number of alkyl halides is 1. The second-order valence-electron chi connectivity index (χ2n) is 4.15. The van der Waals surface area contributed by atoms with E-state index < -0.39 is 0 Å². The van der Waals surface area contributed by atoms with Crippen molar-refractivity contribution in [2.24, 2.45) is 0 Å². The lowest BCUT2D eigenvalue weighted by molar-refractivity contribution is 0.408. The van der Waals surface area contributed by atoms with Gasteiger partial charge in [0, 0.05) is 10.0 Å². The van der Waals surface area contributed by atoms with E-state index in [9.17, 15) is 4.39 Å². The van der Waals surface area contributed by atoms with E-state index in [2.05, 4.69) is 15.9 Å². The van der Waals surface area contributed by atoms with Gasteiger partial charge in [-0.15, -0.1) is 11.6 Å². The Labute approximate surface area is 125 Å². The third-order valence-corrected chi connectivity index (χ3v) is 3.77. The normalized spacial score (nSPS) is 12.2. The minimum atomic E-state index is -0.333. The van der Waals surface area contributed by atoms with E-state index >= 15 is 0 Å². The van der Waals surface area contributed by atoms with E-state index in [-0.39, 0.29) is 11.2 Å². The van der Waals surface area contributed by atoms with Gasteiger partial charge in [-0.3, -0.25) is 0 Å². The zero-order valence-electron chi connectivity index (χ0n) is 10.4. The molecule has 2 rings (SSSR count). The zero-order valence-corrected chi connectivity index (χ0v) is 12.7. The smallest absolute Gasteiger partial charge is 0.126 e. The Morgan fingerprint density at radius 1 is 1.26 bits per heavy atom. The van der Waals surface area contributed by atoms with E-state index in [1.165, 1.54) is 6.07 Å². The fourth-order valence-electron chi connectivity index (χ4n) is 1.91. The molecule has 0 N–H and O–H groups in total. The molecule has 1 unspecified atom stereocenters. The fourth-order valence-corrected chi connectivity index (χ4v) is 2.60. The van der Waals surface area contributed by atoms with Crippen LogP contribution < -0.4 is 4.74 Å². The molecule has 4 heteroatoms. The van der Waals surface area contributed by atoms with Gasteiger partial charge in [-0.05, 0) is 30.2 Å². The third-order valence-electron chi connectivity index (χ3n) is 2.89. The molecule has 0 aliphatic heterocycles. The third kappa shape index (κ3) is 3.48. The van der Waals surface area contributed by atoms with Crippen molar-refractivity contribution in [1.29, 1.82) is 0 Å². The summed E-state index contributed by atoms with van der Waals surface area (Å²) in [6, 6.07) is 12.3. The topological polar surface area (TPSA) is 9.23 Å². The first-order chi connectivity index (χ1) is 9.11. The molecule has 2 aromatic rings. The minimum absolute atomic E-state index is 0.232. The molecule has 0 spiro atoms. The van der Waals surface area contributed by atoms with Gasteiger partial charge in [0.25, 0.3) is 0 Å². The van der Waals surface area contributed by atoms with E-state index in [1.54, 1.807) is 25.3 Å². The standard InChI is InChI=1S/C15H13BrClFO/c1-19-15-9-11(16)6-7-12(15)13(17)8-10-4-2-3-5-14(10)18/h2-7,9,13H,8H2,1H3. The second kappa shape index (κ2) is 6.40. The molecule has 0 aromatic heterocycles. The van der Waals surface area contributed by atoms with Gasteiger partial charge in [0.15, 0.2) is 0 Å². The van der Waals surface area contributed by atoms with Crippen LogP contribution >= 0.6 is 27.5 Å². The molecule has 0 aliphatic rings. The van der Waals surface area contributed by atoms with Crippen molar-refractivity contribution in [1.82, 2.24) is 0 Å². The van der Waals surface area contributed by atoms with Crippen LogP contribution in [0.5, 0.6) is 5.75 Å². The summed E-state index contributed by atoms with van der Waals surface area (Å²) in [5.41, 5.74) is 1.46. The van der Waals surface area contributed by atoms with Gasteiger partial charge < -0.3 is 4.74 Å². The Bertz CT molecular complexity index is 574. The highest BCUT2D eigenvalue weighted by Gasteiger charge is 2.16. The van der Waals surface area contributed by atoms with Crippen molar-refractivity contribution in [3.05, 3.63) is 63.9 Å². The summed E-state index contributed by atoms with van der Waals surface area (Å²) < 4.78 is 19.8. The molecule has 100 valence electrons. The maximum Gasteiger partial charge on any atom is 0.126 e. The lowest BCUT2D eigenvalue weighted by Gasteiger charge is -2.14. The van der Waals surface area contributed by atoms with Crippen molar-refractivity contribution >= 4 is 27.5 Å². The maximum atomic E-state index is 13.6. The van der Waals surface area contributed by atoms with Crippen LogP contribution in [0.25, 0.3) is 0 Å². The molecule has 0 bridgehead atoms. The lowest BCUT2D eigenvalue weighted by atomic mass is 10.0. The van der Waals surface area contributed by atoms with Gasteiger partial charge in [-0.1, -0.05) is 40.2 Å². The van der Waals surface area contributed by atoms with E-state index in [0.717, 1.165) is 10.0 Å². The highest BCUT2D eigenvalue weighted by molar-refractivity contribution is 9.10. The number of methoxy groups -OCH3 is 1. The molecular formula is C15H13BrClFO. The molecule has 0 heterocycles. The summed E-state index contributed by atoms with van der Waals surface area (Å²) in [6.07, 6.45) is 0.423. The Kier molecular flexibility index (Phi) is 4.83. The quantitative estimate of drug-likeness (QED) is 0.700. The zero-order chi connectivity index (χ0) is 13.8. The first-order valence-electron chi connectivity index (χ1n) is 5.82. The summed E-state index contributed by atoms with van der Waals surface area (Å²) in [4.78, 5) is 0. The highest BCUT2D eigenvalue weighted by atomic mass is 79.9. The van der Waals surface area contributed by atoms with E-state index in [1.807, 2.05) is 18.2 Å². The summed E-state index contributed by atoms with van der Waals surface area (Å²) in [7, 11) is 1.60. The van der Waals surface area contributed by atoms with Crippen LogP contribution in [0.4, 0.5) is 4.39 Å². The Hall–Kier alpha value is -1.06. The second-order valence-corrected chi connectivity index (χ2v) is 5.59. The van der Waals surface area contributed by atoms with Crippen molar-refractivity contribution in [2.75, 3.05) is 7.11 Å². The van der Waals surface area contributed by atoms with Crippen LogP contribution in [0.2, 0.25) is 0 Å². The number of hydrogen-bond donors (Lipinski definition) is 0. The van der Waals surface area contributed by atoms with Gasteiger partial charge in [0.2, 0.25) is 0 Å². The van der Waals surface area contributed by atoms with Crippen LogP contribution in [0.15, 0.2) is 46.9 Å². The summed E-state index contributed by atoms with van der Waals surface area (Å²) in [5.74, 6) is 0.468. The molecule has 19 heavy (non-hydrogen) atoms. The highest BCUT2D eigenvalue weighted by Crippen LogP contribution is 2.34. The van der Waals surface area contributed by atoms with Gasteiger partial charge >= 0.3 is 0 Å². The Morgan fingerprint density at radius 2 is 2.00 bits per heavy atom. The average Bonchev–Trinajstić information content (AvgIpc) is 2.41. The molecule has 0 amide bonds. The molecule has 1 atom stereocenters. The number of benzene rings is 2. The van der Waals surface area contributed by atoms with Crippen molar-refractivity contribution in [3.8, 4) is 5.75 Å². The maximum absolute atomic E-state index is 13.6. The van der Waals surface area contributed by atoms with Crippen molar-refractivity contribution in [3.63, 3.8) is 0 Å². The first-order valence-corrected chi connectivity index (χ1v) is 7.05. The molecule has 0 radical (unpaired) electrons. The monoisotopic (exact) mass is 342 g/mol. The largest absolute Gasteiger partial charge is 0.496 e. The van der Waals surface area contributed by atoms with E-state index in [0.29, 0.717) is 17.7 Å². The predicted molar refractivity (Wildman–Crippen MR) is 79.4 cm³/mol. The van der Waals surface area contributed by atoms with Gasteiger partial charge in [0.1, 0.15) is 11.6 Å². The SMILES string of the molecule is COc1cc(Br)ccc1C(Cl)Cc1ccccc1F. The summed E-state index contributed by atoms with van der Waals surface area (Å²) in [6.45, 7) is 0. The van der Waals surface area contributed by atoms with Crippen molar-refractivity contribution in [2.45, 2.75) is 11.8 Å². The lowest BCUT2D eigenvalue weighted by Crippen LogP contribution is -2.01. The van der Waals surface area contributed by atoms with Crippen LogP contribution in [0.3, 0.4) is 0 Å². The van der Waals surface area contributed by atoms with Crippen LogP contribution in [-0.4, -0.2) is 7.11 Å². The Balaban J connectivity index is 2.25. The molecular weight excluding hydrogens is 331 g/mol. The number of ether oxygens (including phenoxy) is 1. The summed E-state index contributed by atoms with van der Waals surface area (Å²) >= 11 is 9.77. The van der Waals surface area contributed by atoms with E-state index in [4.69, 9.17) is 16.3 Å². The number of hydrogen-bond acceptors (Lipinski definition) is 1. The van der Waals surface area contributed by atoms with Crippen LogP contribution in [-0.2, 0) is 6.42 Å². The first kappa shape index (κ1) is 14.4. The predicted octanol–water partition coefficient (Wildman–Crippen LogP) is 5.12. The van der Waals surface area contributed by atoms with Crippen LogP contribution in [0, 0.1) is 5.82 Å². The van der Waals surface area contributed by atoms with Gasteiger partial charge in [-0.25, -0.2) is 4.39 Å². The van der Waals surface area contributed by atoms with Crippen molar-refractivity contribution < 1.29 is 9.13 Å². The summed E-state index contributed by atoms with van der Waals surface area (Å²) in [5, 5.41) is -0.333. The van der Waals surface area contributed by atoms with Gasteiger partial charge in [0.05, 0.1) is 12.5 Å². The fraction of sp³-hybridized carbons (Fsp3) is 0.200. The number of halogens is 3. The molecule has 0 fully saturated rings. The number of rotatable bonds is 4. The molecule has 0 saturated carbocycles. The minimum Gasteiger partial charge on any atom is -0.496 e. The van der Waals surface area contributed by atoms with Crippen LogP contribution in [0.1, 0.15) is 16.5 Å². The molecule has 2 aromatic carbocycles. The molecule has 0 saturated heterocycles. The average molecular weight is 344 g/mol.